The van der Waals surface area contributed by atoms with Crippen LogP contribution < -0.4 is 30.7 Å². The zero-order chi connectivity index (χ0) is 44.2. The Balaban J connectivity index is 0.000000152. The maximum absolute atomic E-state index is 13.1. The van der Waals surface area contributed by atoms with E-state index in [4.69, 9.17) is 9.97 Å². The highest BCUT2D eigenvalue weighted by Crippen LogP contribution is 2.41. The van der Waals surface area contributed by atoms with Crippen molar-refractivity contribution in [1.29, 1.82) is 0 Å². The summed E-state index contributed by atoms with van der Waals surface area (Å²) in [6.07, 6.45) is 24.2. The molecule has 63 heavy (non-hydrogen) atoms. The molecule has 0 radical (unpaired) electrons. The molecule has 6 aromatic rings. The van der Waals surface area contributed by atoms with E-state index in [0.717, 1.165) is 62.3 Å². The molecule has 328 valence electrons. The molecular weight excluding hydrogens is 868 g/mol. The van der Waals surface area contributed by atoms with Gasteiger partial charge >= 0.3 is 0 Å². The van der Waals surface area contributed by atoms with Gasteiger partial charge in [0.15, 0.2) is 16.4 Å². The van der Waals surface area contributed by atoms with Crippen LogP contribution in [0.2, 0.25) is 0 Å². The van der Waals surface area contributed by atoms with Gasteiger partial charge in [0.2, 0.25) is 35.2 Å². The van der Waals surface area contributed by atoms with Gasteiger partial charge in [0, 0.05) is 75.5 Å². The smallest absolute Gasteiger partial charge is 0.257 e. The topological polar surface area (TPSA) is 189 Å². The summed E-state index contributed by atoms with van der Waals surface area (Å²) in [7, 11) is 3.59. The van der Waals surface area contributed by atoms with Crippen molar-refractivity contribution in [3.05, 3.63) is 111 Å². The molecule has 0 unspecified atom stereocenters. The van der Waals surface area contributed by atoms with Crippen LogP contribution in [0.25, 0.3) is 17.8 Å². The van der Waals surface area contributed by atoms with Crippen molar-refractivity contribution in [2.75, 3.05) is 33.7 Å². The molecule has 8 heterocycles. The van der Waals surface area contributed by atoms with Gasteiger partial charge < -0.3 is 24.6 Å². The van der Waals surface area contributed by atoms with Crippen LogP contribution in [0, 0.1) is 0 Å². The molecular formula is C44H51BrN14O4. The Kier molecular flexibility index (Phi) is 12.9. The number of fused-ring (bicyclic) bond motifs is 2. The Hall–Kier alpha value is -6.50. The number of rotatable bonds is 7. The largest absolute Gasteiger partial charge is 0.340 e. The second kappa shape index (κ2) is 18.9. The number of hydrogen-bond donors (Lipinski definition) is 1. The highest BCUT2D eigenvalue weighted by Gasteiger charge is 2.43. The van der Waals surface area contributed by atoms with Crippen molar-refractivity contribution >= 4 is 50.8 Å². The van der Waals surface area contributed by atoms with Gasteiger partial charge in [0.1, 0.15) is 23.5 Å². The highest BCUT2D eigenvalue weighted by molar-refractivity contribution is 9.10. The summed E-state index contributed by atoms with van der Waals surface area (Å²) in [5, 5.41) is 0. The minimum atomic E-state index is -0.234. The fourth-order valence-corrected chi connectivity index (χ4v) is 9.41. The van der Waals surface area contributed by atoms with Crippen LogP contribution >= 0.6 is 15.9 Å². The average Bonchev–Trinajstić information content (AvgIpc) is 4.16. The Morgan fingerprint density at radius 1 is 0.635 bits per heavy atom. The lowest BCUT2D eigenvalue weighted by Crippen LogP contribution is -2.55. The van der Waals surface area contributed by atoms with Crippen LogP contribution in [0.1, 0.15) is 78.1 Å². The van der Waals surface area contributed by atoms with E-state index in [1.165, 1.54) is 29.5 Å². The molecule has 10 rings (SSSR count). The Morgan fingerprint density at radius 3 is 1.62 bits per heavy atom. The van der Waals surface area contributed by atoms with Gasteiger partial charge in [-0.05, 0) is 66.6 Å². The number of imidazole rings is 2. The molecule has 4 aliphatic rings. The number of aromatic amines is 1. The number of nitrogens with zero attached hydrogens (tertiary/aromatic N) is 13. The van der Waals surface area contributed by atoms with Crippen LogP contribution in [0.15, 0.2) is 100 Å². The molecule has 18 nitrogen and oxygen atoms in total. The third-order valence-electron chi connectivity index (χ3n) is 12.2. The normalized spacial score (nSPS) is 18.7. The Labute approximate surface area is 372 Å². The summed E-state index contributed by atoms with van der Waals surface area (Å²) < 4.78 is 5.62. The van der Waals surface area contributed by atoms with Gasteiger partial charge in [-0.3, -0.25) is 32.9 Å². The predicted molar refractivity (Wildman–Crippen MR) is 243 cm³/mol. The maximum Gasteiger partial charge on any atom is 0.257 e. The molecule has 2 amide bonds. The zero-order valence-corrected chi connectivity index (χ0v) is 37.4. The van der Waals surface area contributed by atoms with Crippen molar-refractivity contribution < 1.29 is 9.59 Å². The molecule has 6 aromatic heterocycles. The third kappa shape index (κ3) is 8.53. The summed E-state index contributed by atoms with van der Waals surface area (Å²) in [5.74, 6) is 3.23. The van der Waals surface area contributed by atoms with Gasteiger partial charge in [0.05, 0.1) is 12.4 Å². The van der Waals surface area contributed by atoms with Crippen LogP contribution in [0.3, 0.4) is 0 Å². The van der Waals surface area contributed by atoms with Crippen LogP contribution in [0.4, 0.5) is 23.0 Å². The van der Waals surface area contributed by atoms with E-state index in [0.29, 0.717) is 46.8 Å². The first-order valence-corrected chi connectivity index (χ1v) is 22.3. The first-order valence-electron chi connectivity index (χ1n) is 21.5. The van der Waals surface area contributed by atoms with Gasteiger partial charge in [-0.15, -0.1) is 0 Å². The number of anilines is 4. The standard InChI is InChI=1S/C22H25N7O2.C17H21BrN6O.C5H5NO/c1-3-16-20(31)26(2)17-14-24-21(25-19(17)29(16)15-8-4-5-9-15)28-13-11-23-22(28)27-12-7-6-10-18(27)30;1-3-12-15(25)22(2)13-10-20-17(23-9-8-19-16(23)18)21-14(13)24(12)11-6-4-5-7-11;7-5-3-1-2-4-6-5/h6-7,10-16H,3-5,8-9H2,1-2H3;8-12H,3-7H2,1-2H3;1-4H,(H,6,7)/t16-;12-;/m11./s1. The molecule has 1 N–H and O–H groups in total. The number of aromatic nitrogens is 10. The SMILES string of the molecule is CC[C@@H]1C(=O)N(C)c2cnc(-n3ccnc3-n3ccccc3=O)nc2N1C1CCCC1.CC[C@@H]1C(=O)N(C)c2cnc(-n3ccnc3Br)nc2N1C1CCCC1.O=c1cccc[nH]1. The number of nitrogens with one attached hydrogen (secondary N) is 1. The van der Waals surface area contributed by atoms with Crippen molar-refractivity contribution in [2.45, 2.75) is 102 Å². The quantitative estimate of drug-likeness (QED) is 0.209. The zero-order valence-electron chi connectivity index (χ0n) is 35.8. The summed E-state index contributed by atoms with van der Waals surface area (Å²) in [6.45, 7) is 4.11. The van der Waals surface area contributed by atoms with Crippen LogP contribution in [-0.2, 0) is 9.59 Å². The van der Waals surface area contributed by atoms with Crippen LogP contribution in [0.5, 0.6) is 0 Å². The van der Waals surface area contributed by atoms with Gasteiger partial charge in [-0.25, -0.2) is 19.9 Å². The monoisotopic (exact) mass is 918 g/mol. The predicted octanol–water partition coefficient (Wildman–Crippen LogP) is 5.62. The van der Waals surface area contributed by atoms with Gasteiger partial charge in [0.25, 0.3) is 5.56 Å². The lowest BCUT2D eigenvalue weighted by atomic mass is 10.0. The number of pyridine rings is 2. The van der Waals surface area contributed by atoms with E-state index in [-0.39, 0.29) is 35.0 Å². The van der Waals surface area contributed by atoms with Crippen molar-refractivity contribution in [2.24, 2.45) is 0 Å². The fraction of sp³-hybridized carbons (Fsp3) is 0.409. The number of amides is 2. The number of H-pyrrole nitrogens is 1. The number of carbonyl (C=O) groups excluding carboxylic acids is 2. The van der Waals surface area contributed by atoms with Crippen molar-refractivity contribution in [3.63, 3.8) is 0 Å². The van der Waals surface area contributed by atoms with E-state index in [1.54, 1.807) is 93.6 Å². The summed E-state index contributed by atoms with van der Waals surface area (Å²) in [5.41, 5.74) is 1.25. The first kappa shape index (κ1) is 43.2. The van der Waals surface area contributed by atoms with E-state index < -0.39 is 0 Å². The molecule has 2 atom stereocenters. The Bertz CT molecular complexity index is 2670. The molecule has 2 saturated carbocycles. The number of likely N-dealkylation sites (N-methyl/N-ethyl adjacent to an activating group) is 2. The molecule has 0 aromatic carbocycles. The first-order chi connectivity index (χ1) is 30.6. The fourth-order valence-electron chi connectivity index (χ4n) is 9.01. The summed E-state index contributed by atoms with van der Waals surface area (Å²) >= 11 is 3.42. The van der Waals surface area contributed by atoms with E-state index >= 15 is 0 Å². The molecule has 2 fully saturated rings. The second-order valence-corrected chi connectivity index (χ2v) is 16.6. The highest BCUT2D eigenvalue weighted by atomic mass is 79.9. The molecule has 0 bridgehead atoms. The number of hydrogen-bond acceptors (Lipinski definition) is 12. The molecule has 2 aliphatic heterocycles. The lowest BCUT2D eigenvalue weighted by molar-refractivity contribution is -0.120. The van der Waals surface area contributed by atoms with Crippen molar-refractivity contribution in [3.8, 4) is 17.8 Å². The maximum atomic E-state index is 13.1. The van der Waals surface area contributed by atoms with Gasteiger partial charge in [-0.1, -0.05) is 51.7 Å². The third-order valence-corrected chi connectivity index (χ3v) is 12.8. The summed E-state index contributed by atoms with van der Waals surface area (Å²) in [4.78, 5) is 86.0. The molecule has 0 saturated heterocycles. The Morgan fingerprint density at radius 2 is 1.16 bits per heavy atom. The molecule has 0 spiro atoms. The molecule has 19 heteroatoms. The van der Waals surface area contributed by atoms with Gasteiger partial charge in [-0.2, -0.15) is 9.97 Å². The van der Waals surface area contributed by atoms with Crippen molar-refractivity contribution in [1.82, 2.24) is 48.6 Å². The van der Waals surface area contributed by atoms with E-state index in [9.17, 15) is 19.2 Å². The minimum Gasteiger partial charge on any atom is -0.340 e. The second-order valence-electron chi connectivity index (χ2n) is 15.9. The van der Waals surface area contributed by atoms with E-state index in [1.807, 2.05) is 20.2 Å². The van der Waals surface area contributed by atoms with Crippen LogP contribution in [-0.4, -0.2) is 98.7 Å². The lowest BCUT2D eigenvalue weighted by Gasteiger charge is -2.43. The minimum absolute atomic E-state index is 0.0532. The average molecular weight is 920 g/mol. The summed E-state index contributed by atoms with van der Waals surface area (Å²) in [6, 6.07) is 10.2. The molecule has 2 aliphatic carbocycles. The number of halogens is 1. The van der Waals surface area contributed by atoms with E-state index in [2.05, 4.69) is 57.6 Å². The number of carbonyl (C=O) groups is 2.